The van der Waals surface area contributed by atoms with Gasteiger partial charge in [-0.2, -0.15) is 0 Å². The van der Waals surface area contributed by atoms with E-state index in [0.717, 1.165) is 27.8 Å². The van der Waals surface area contributed by atoms with Crippen molar-refractivity contribution in [1.82, 2.24) is 0 Å². The second-order valence-corrected chi connectivity index (χ2v) is 3.90. The maximum Gasteiger partial charge on any atom is 0.193 e. The largest absolute Gasteiger partial charge is 0.289 e. The fraction of sp³-hybridized carbons (Fsp3) is 0.133. The highest BCUT2D eigenvalue weighted by Crippen LogP contribution is 2.36. The summed E-state index contributed by atoms with van der Waals surface area (Å²) in [5.74, 6) is 0.120. The molecule has 1 aromatic rings. The molecule has 1 aromatic carbocycles. The van der Waals surface area contributed by atoms with E-state index in [9.17, 15) is 4.79 Å². The minimum atomic E-state index is 0.120. The van der Waals surface area contributed by atoms with E-state index < -0.39 is 0 Å². The van der Waals surface area contributed by atoms with E-state index in [-0.39, 0.29) is 5.78 Å². The molecule has 0 spiro atoms. The standard InChI is InChI=1S/C15H14O/c1-4-6-12-11(5-2)15(16)14-9-10(3)7-8-13(12)14/h4-9H,1H2,2-3H3/b11-5+,12-6?. The van der Waals surface area contributed by atoms with Crippen molar-refractivity contribution in [1.29, 1.82) is 0 Å². The van der Waals surface area contributed by atoms with Crippen molar-refractivity contribution < 1.29 is 4.79 Å². The predicted octanol–water partition coefficient (Wildman–Crippen LogP) is 3.71. The zero-order chi connectivity index (χ0) is 11.7. The minimum Gasteiger partial charge on any atom is -0.289 e. The molecule has 0 atom stereocenters. The number of hydrogen-bond donors (Lipinski definition) is 0. The molecule has 0 aromatic heterocycles. The molecule has 0 saturated carbocycles. The molecule has 0 aliphatic heterocycles. The Balaban J connectivity index is 2.73. The van der Waals surface area contributed by atoms with Gasteiger partial charge in [0.2, 0.25) is 0 Å². The Morgan fingerprint density at radius 1 is 1.19 bits per heavy atom. The first-order chi connectivity index (χ1) is 7.69. The van der Waals surface area contributed by atoms with Crippen molar-refractivity contribution in [2.45, 2.75) is 13.8 Å². The lowest BCUT2D eigenvalue weighted by molar-refractivity contribution is 0.104. The van der Waals surface area contributed by atoms with Crippen LogP contribution in [0.3, 0.4) is 0 Å². The van der Waals surface area contributed by atoms with Crippen LogP contribution in [0.5, 0.6) is 0 Å². The highest BCUT2D eigenvalue weighted by Gasteiger charge is 2.28. The van der Waals surface area contributed by atoms with Gasteiger partial charge in [0.25, 0.3) is 0 Å². The molecule has 0 amide bonds. The van der Waals surface area contributed by atoms with Crippen LogP contribution in [0.15, 0.2) is 48.6 Å². The molecule has 1 nitrogen and oxygen atoms in total. The Morgan fingerprint density at radius 3 is 2.56 bits per heavy atom. The second-order valence-electron chi connectivity index (χ2n) is 3.90. The Kier molecular flexibility index (Phi) is 2.61. The molecular weight excluding hydrogens is 196 g/mol. The Morgan fingerprint density at radius 2 is 1.94 bits per heavy atom. The van der Waals surface area contributed by atoms with E-state index in [4.69, 9.17) is 0 Å². The number of aryl methyl sites for hydroxylation is 1. The van der Waals surface area contributed by atoms with Crippen molar-refractivity contribution in [2.75, 3.05) is 0 Å². The number of Topliss-reactive ketones (excluding diaryl/α,β-unsaturated/α-hetero) is 1. The molecule has 2 rings (SSSR count). The van der Waals surface area contributed by atoms with Crippen molar-refractivity contribution in [3.8, 4) is 0 Å². The Labute approximate surface area is 95.8 Å². The van der Waals surface area contributed by atoms with Crippen molar-refractivity contribution in [2.24, 2.45) is 0 Å². The topological polar surface area (TPSA) is 17.1 Å². The lowest BCUT2D eigenvalue weighted by atomic mass is 10.0. The van der Waals surface area contributed by atoms with Crippen LogP contribution in [0.4, 0.5) is 0 Å². The first kappa shape index (κ1) is 10.6. The third-order valence-corrected chi connectivity index (χ3v) is 2.82. The first-order valence-electron chi connectivity index (χ1n) is 5.34. The maximum atomic E-state index is 12.1. The van der Waals surface area contributed by atoms with Crippen molar-refractivity contribution >= 4 is 11.4 Å². The normalized spacial score (nSPS) is 19.2. The minimum absolute atomic E-state index is 0.120. The second kappa shape index (κ2) is 3.93. The zero-order valence-electron chi connectivity index (χ0n) is 9.58. The number of rotatable bonds is 1. The van der Waals surface area contributed by atoms with Crippen LogP contribution >= 0.6 is 0 Å². The molecule has 16 heavy (non-hydrogen) atoms. The van der Waals surface area contributed by atoms with Gasteiger partial charge in [-0.1, -0.05) is 42.5 Å². The average molecular weight is 210 g/mol. The highest BCUT2D eigenvalue weighted by atomic mass is 16.1. The molecule has 0 N–H and O–H groups in total. The van der Waals surface area contributed by atoms with Gasteiger partial charge >= 0.3 is 0 Å². The number of benzene rings is 1. The smallest absolute Gasteiger partial charge is 0.193 e. The van der Waals surface area contributed by atoms with Crippen LogP contribution in [0.1, 0.15) is 28.4 Å². The summed E-state index contributed by atoms with van der Waals surface area (Å²) in [6, 6.07) is 5.99. The van der Waals surface area contributed by atoms with E-state index in [1.165, 1.54) is 0 Å². The highest BCUT2D eigenvalue weighted by molar-refractivity contribution is 6.26. The molecule has 1 aliphatic rings. The number of carbonyl (C=O) groups is 1. The van der Waals surface area contributed by atoms with E-state index in [1.54, 1.807) is 6.08 Å². The summed E-state index contributed by atoms with van der Waals surface area (Å²) in [7, 11) is 0. The average Bonchev–Trinajstić information content (AvgIpc) is 2.53. The van der Waals surface area contributed by atoms with Crippen LogP contribution in [0, 0.1) is 6.92 Å². The SMILES string of the molecule is C=CC=C1/C(=C\C)C(=O)c2cc(C)ccc21. The van der Waals surface area contributed by atoms with Gasteiger partial charge in [0.1, 0.15) is 0 Å². The van der Waals surface area contributed by atoms with Crippen molar-refractivity contribution in [3.63, 3.8) is 0 Å². The number of carbonyl (C=O) groups excluding carboxylic acids is 1. The maximum absolute atomic E-state index is 12.1. The summed E-state index contributed by atoms with van der Waals surface area (Å²) in [6.07, 6.45) is 5.49. The Bertz CT molecular complexity index is 530. The summed E-state index contributed by atoms with van der Waals surface area (Å²) in [6.45, 7) is 7.58. The van der Waals surface area contributed by atoms with E-state index in [2.05, 4.69) is 6.58 Å². The summed E-state index contributed by atoms with van der Waals surface area (Å²) in [4.78, 5) is 12.1. The lowest BCUT2D eigenvalue weighted by Crippen LogP contribution is -1.94. The van der Waals surface area contributed by atoms with Gasteiger partial charge < -0.3 is 0 Å². The van der Waals surface area contributed by atoms with Gasteiger partial charge in [0, 0.05) is 11.1 Å². The molecule has 0 bridgehead atoms. The molecular formula is C15H14O. The van der Waals surface area contributed by atoms with Gasteiger partial charge in [-0.05, 0) is 31.1 Å². The third kappa shape index (κ3) is 1.45. The summed E-state index contributed by atoms with van der Waals surface area (Å²) < 4.78 is 0. The number of ketones is 1. The summed E-state index contributed by atoms with van der Waals surface area (Å²) >= 11 is 0. The molecule has 1 heteroatoms. The van der Waals surface area contributed by atoms with Crippen LogP contribution in [0.2, 0.25) is 0 Å². The van der Waals surface area contributed by atoms with Crippen molar-refractivity contribution in [3.05, 3.63) is 65.3 Å². The van der Waals surface area contributed by atoms with Gasteiger partial charge in [-0.15, -0.1) is 0 Å². The first-order valence-corrected chi connectivity index (χ1v) is 5.34. The summed E-state index contributed by atoms with van der Waals surface area (Å²) in [5.41, 5.74) is 4.70. The van der Waals surface area contributed by atoms with Gasteiger partial charge in [-0.25, -0.2) is 0 Å². The van der Waals surface area contributed by atoms with Crippen LogP contribution in [-0.2, 0) is 0 Å². The van der Waals surface area contributed by atoms with Gasteiger partial charge in [-0.3, -0.25) is 4.79 Å². The van der Waals surface area contributed by atoms with E-state index >= 15 is 0 Å². The monoisotopic (exact) mass is 210 g/mol. The summed E-state index contributed by atoms with van der Waals surface area (Å²) in [5, 5.41) is 0. The zero-order valence-corrected chi connectivity index (χ0v) is 9.58. The molecule has 0 radical (unpaired) electrons. The molecule has 0 saturated heterocycles. The Hall–Kier alpha value is -1.89. The third-order valence-electron chi connectivity index (χ3n) is 2.82. The van der Waals surface area contributed by atoms with Crippen LogP contribution < -0.4 is 0 Å². The molecule has 0 heterocycles. The molecule has 0 fully saturated rings. The van der Waals surface area contributed by atoms with E-state index in [0.29, 0.717) is 0 Å². The quantitative estimate of drug-likeness (QED) is 0.646. The lowest BCUT2D eigenvalue weighted by Gasteiger charge is -1.99. The fourth-order valence-corrected chi connectivity index (χ4v) is 2.08. The van der Waals surface area contributed by atoms with Crippen LogP contribution in [-0.4, -0.2) is 5.78 Å². The van der Waals surface area contributed by atoms with E-state index in [1.807, 2.05) is 44.2 Å². The van der Waals surface area contributed by atoms with Crippen LogP contribution in [0.25, 0.3) is 5.57 Å². The number of fused-ring (bicyclic) bond motifs is 1. The predicted molar refractivity (Wildman–Crippen MR) is 67.4 cm³/mol. The molecule has 0 unspecified atom stereocenters. The number of hydrogen-bond acceptors (Lipinski definition) is 1. The van der Waals surface area contributed by atoms with Gasteiger partial charge in [0.05, 0.1) is 0 Å². The fourth-order valence-electron chi connectivity index (χ4n) is 2.08. The molecule has 1 aliphatic carbocycles. The molecule has 80 valence electrons. The van der Waals surface area contributed by atoms with Gasteiger partial charge in [0.15, 0.2) is 5.78 Å². The number of allylic oxidation sites excluding steroid dienone is 5.